The van der Waals surface area contributed by atoms with Crippen molar-refractivity contribution in [3.63, 3.8) is 0 Å². The third-order valence-corrected chi connectivity index (χ3v) is 3.79. The summed E-state index contributed by atoms with van der Waals surface area (Å²) in [5.41, 5.74) is 1.87. The molecule has 3 nitrogen and oxygen atoms in total. The molecule has 1 aliphatic rings. The van der Waals surface area contributed by atoms with E-state index in [9.17, 15) is 13.2 Å². The van der Waals surface area contributed by atoms with Crippen molar-refractivity contribution in [2.45, 2.75) is 44.3 Å². The van der Waals surface area contributed by atoms with E-state index in [1.54, 1.807) is 0 Å². The summed E-state index contributed by atoms with van der Waals surface area (Å²) in [6.07, 6.45) is 2.43. The molecule has 0 saturated heterocycles. The molecule has 0 spiro atoms. The van der Waals surface area contributed by atoms with E-state index in [-0.39, 0.29) is 5.56 Å². The van der Waals surface area contributed by atoms with E-state index in [2.05, 4.69) is 15.8 Å². The largest absolute Gasteiger partial charge is 0.417 e. The van der Waals surface area contributed by atoms with E-state index < -0.39 is 11.7 Å². The second kappa shape index (κ2) is 7.58. The molecule has 1 saturated carbocycles. The molecular weight excluding hydrogens is 311 g/mol. The van der Waals surface area contributed by atoms with Crippen LogP contribution in [0.5, 0.6) is 0 Å². The zero-order valence-electron chi connectivity index (χ0n) is 12.0. The Morgan fingerprint density at radius 2 is 1.86 bits per heavy atom. The summed E-state index contributed by atoms with van der Waals surface area (Å²) in [5, 5.41) is 7.28. The molecule has 22 heavy (non-hydrogen) atoms. The molecule has 0 aromatic heterocycles. The van der Waals surface area contributed by atoms with Gasteiger partial charge in [0.2, 0.25) is 0 Å². The molecule has 1 aromatic rings. The molecule has 0 aliphatic heterocycles. The van der Waals surface area contributed by atoms with Gasteiger partial charge in [-0.3, -0.25) is 5.43 Å². The summed E-state index contributed by atoms with van der Waals surface area (Å²) in [6, 6.07) is 5.61. The topological polar surface area (TPSA) is 36.4 Å². The number of nitrogens with one attached hydrogen (secondary N) is 2. The molecule has 0 radical (unpaired) electrons. The SMILES string of the molecule is FC(F)(F)c1ccccc1C=NNC(=S)NC1CCCCC1. The molecule has 1 aromatic carbocycles. The van der Waals surface area contributed by atoms with Crippen LogP contribution in [0.2, 0.25) is 0 Å². The van der Waals surface area contributed by atoms with Crippen molar-refractivity contribution in [3.05, 3.63) is 35.4 Å². The van der Waals surface area contributed by atoms with Gasteiger partial charge < -0.3 is 5.32 Å². The monoisotopic (exact) mass is 329 g/mol. The molecule has 2 rings (SSSR count). The van der Waals surface area contributed by atoms with Gasteiger partial charge in [-0.15, -0.1) is 0 Å². The highest BCUT2D eigenvalue weighted by atomic mass is 32.1. The zero-order chi connectivity index (χ0) is 16.0. The number of alkyl halides is 3. The lowest BCUT2D eigenvalue weighted by Gasteiger charge is -2.23. The van der Waals surface area contributed by atoms with Gasteiger partial charge in [-0.1, -0.05) is 37.5 Å². The lowest BCUT2D eigenvalue weighted by atomic mass is 9.96. The number of hydrazone groups is 1. The molecule has 0 heterocycles. The smallest absolute Gasteiger partial charge is 0.359 e. The highest BCUT2D eigenvalue weighted by Gasteiger charge is 2.32. The lowest BCUT2D eigenvalue weighted by molar-refractivity contribution is -0.137. The van der Waals surface area contributed by atoms with Gasteiger partial charge in [-0.2, -0.15) is 18.3 Å². The maximum absolute atomic E-state index is 12.8. The van der Waals surface area contributed by atoms with Gasteiger partial charge in [0.25, 0.3) is 0 Å². The van der Waals surface area contributed by atoms with Crippen LogP contribution in [0.4, 0.5) is 13.2 Å². The van der Waals surface area contributed by atoms with Crippen molar-refractivity contribution in [3.8, 4) is 0 Å². The van der Waals surface area contributed by atoms with Crippen molar-refractivity contribution < 1.29 is 13.2 Å². The van der Waals surface area contributed by atoms with E-state index in [1.807, 2.05) is 0 Å². The Morgan fingerprint density at radius 3 is 2.55 bits per heavy atom. The highest BCUT2D eigenvalue weighted by Crippen LogP contribution is 2.31. The average Bonchev–Trinajstić information content (AvgIpc) is 2.48. The Hall–Kier alpha value is -1.63. The first-order valence-electron chi connectivity index (χ1n) is 7.22. The van der Waals surface area contributed by atoms with Crippen molar-refractivity contribution in [2.75, 3.05) is 0 Å². The number of nitrogens with zero attached hydrogens (tertiary/aromatic N) is 1. The highest BCUT2D eigenvalue weighted by molar-refractivity contribution is 7.80. The van der Waals surface area contributed by atoms with Crippen LogP contribution < -0.4 is 10.7 Å². The minimum atomic E-state index is -4.40. The molecular formula is C15H18F3N3S. The molecule has 1 aliphatic carbocycles. The van der Waals surface area contributed by atoms with Crippen molar-refractivity contribution in [1.82, 2.24) is 10.7 Å². The summed E-state index contributed by atoms with van der Waals surface area (Å²) in [5.74, 6) is 0. The molecule has 0 unspecified atom stereocenters. The van der Waals surface area contributed by atoms with Crippen molar-refractivity contribution in [2.24, 2.45) is 5.10 Å². The first-order chi connectivity index (χ1) is 10.5. The second-order valence-electron chi connectivity index (χ2n) is 5.26. The maximum atomic E-state index is 12.8. The van der Waals surface area contributed by atoms with Gasteiger partial charge in [0.1, 0.15) is 0 Å². The third-order valence-electron chi connectivity index (χ3n) is 3.58. The standard InChI is InChI=1S/C15H18F3N3S/c16-15(17,18)13-9-5-4-6-11(13)10-19-21-14(22)20-12-7-2-1-3-8-12/h4-6,9-10,12H,1-3,7-8H2,(H2,20,21,22). The first-order valence-corrected chi connectivity index (χ1v) is 7.63. The molecule has 2 N–H and O–H groups in total. The van der Waals surface area contributed by atoms with Crippen LogP contribution in [0, 0.1) is 0 Å². The summed E-state index contributed by atoms with van der Waals surface area (Å²) >= 11 is 5.10. The van der Waals surface area contributed by atoms with E-state index in [1.165, 1.54) is 37.5 Å². The number of halogens is 3. The normalized spacial score (nSPS) is 16.7. The van der Waals surface area contributed by atoms with Gasteiger partial charge in [-0.25, -0.2) is 0 Å². The number of hydrogen-bond acceptors (Lipinski definition) is 2. The zero-order valence-corrected chi connectivity index (χ0v) is 12.8. The quantitative estimate of drug-likeness (QED) is 0.503. The summed E-state index contributed by atoms with van der Waals surface area (Å²) in [4.78, 5) is 0. The van der Waals surface area contributed by atoms with Crippen LogP contribution >= 0.6 is 12.2 Å². The fourth-order valence-corrected chi connectivity index (χ4v) is 2.71. The van der Waals surface area contributed by atoms with E-state index in [0.717, 1.165) is 25.1 Å². The van der Waals surface area contributed by atoms with Crippen molar-refractivity contribution in [1.29, 1.82) is 0 Å². The second-order valence-corrected chi connectivity index (χ2v) is 5.67. The lowest BCUT2D eigenvalue weighted by Crippen LogP contribution is -2.40. The van der Waals surface area contributed by atoms with Gasteiger partial charge in [0.05, 0.1) is 11.8 Å². The third kappa shape index (κ3) is 4.98. The molecule has 0 atom stereocenters. The fourth-order valence-electron chi connectivity index (χ4n) is 2.49. The summed E-state index contributed by atoms with van der Waals surface area (Å²) in [6.45, 7) is 0. The minimum Gasteiger partial charge on any atom is -0.359 e. The molecule has 120 valence electrons. The van der Waals surface area contributed by atoms with Gasteiger partial charge in [-0.05, 0) is 31.1 Å². The average molecular weight is 329 g/mol. The van der Waals surface area contributed by atoms with Gasteiger partial charge >= 0.3 is 6.18 Å². The Kier molecular flexibility index (Phi) is 5.76. The van der Waals surface area contributed by atoms with Crippen LogP contribution in [0.15, 0.2) is 29.4 Å². The number of rotatable bonds is 3. The van der Waals surface area contributed by atoms with Crippen LogP contribution in [0.25, 0.3) is 0 Å². The number of hydrogen-bond donors (Lipinski definition) is 2. The van der Waals surface area contributed by atoms with Gasteiger partial charge in [0, 0.05) is 11.6 Å². The summed E-state index contributed by atoms with van der Waals surface area (Å²) in [7, 11) is 0. The van der Waals surface area contributed by atoms with E-state index in [0.29, 0.717) is 11.2 Å². The minimum absolute atomic E-state index is 0.00275. The Bertz CT molecular complexity index is 537. The van der Waals surface area contributed by atoms with E-state index >= 15 is 0 Å². The predicted octanol–water partition coefficient (Wildman–Crippen LogP) is 3.84. The van der Waals surface area contributed by atoms with E-state index in [4.69, 9.17) is 12.2 Å². The van der Waals surface area contributed by atoms with Crippen LogP contribution in [0.1, 0.15) is 43.2 Å². The fraction of sp³-hybridized carbons (Fsp3) is 0.467. The molecule has 0 bridgehead atoms. The Balaban J connectivity index is 1.91. The Morgan fingerprint density at radius 1 is 1.18 bits per heavy atom. The molecule has 7 heteroatoms. The summed E-state index contributed by atoms with van der Waals surface area (Å²) < 4.78 is 38.5. The first kappa shape index (κ1) is 16.7. The van der Waals surface area contributed by atoms with Crippen LogP contribution in [-0.2, 0) is 6.18 Å². The Labute approximate surface area is 133 Å². The van der Waals surface area contributed by atoms with Crippen LogP contribution in [-0.4, -0.2) is 17.4 Å². The molecule has 1 fully saturated rings. The number of benzene rings is 1. The van der Waals surface area contributed by atoms with Gasteiger partial charge in [0.15, 0.2) is 5.11 Å². The predicted molar refractivity (Wildman–Crippen MR) is 84.8 cm³/mol. The van der Waals surface area contributed by atoms with Crippen LogP contribution in [0.3, 0.4) is 0 Å². The number of thiocarbonyl (C=S) groups is 1. The maximum Gasteiger partial charge on any atom is 0.417 e. The molecule has 0 amide bonds. The van der Waals surface area contributed by atoms with Crippen molar-refractivity contribution >= 4 is 23.5 Å².